The van der Waals surface area contributed by atoms with E-state index in [9.17, 15) is 15.2 Å². The van der Waals surface area contributed by atoms with Crippen LogP contribution < -0.4 is 0 Å². The van der Waals surface area contributed by atoms with Gasteiger partial charge in [0.05, 0.1) is 11.0 Å². The summed E-state index contributed by atoms with van der Waals surface area (Å²) < 4.78 is 0. The maximum absolute atomic E-state index is 11.0. The lowest BCUT2D eigenvalue weighted by Crippen LogP contribution is -2.39. The van der Waals surface area contributed by atoms with E-state index in [1.807, 2.05) is 19.9 Å². The number of nitrogens with zero attached hydrogens (tertiary/aromatic N) is 2. The highest BCUT2D eigenvalue weighted by Gasteiger charge is 2.24. The van der Waals surface area contributed by atoms with Crippen LogP contribution in [0.4, 0.5) is 5.69 Å². The van der Waals surface area contributed by atoms with Gasteiger partial charge in [-0.15, -0.1) is 0 Å². The number of hydrogen-bond donors (Lipinski definition) is 1. The first-order valence-electron chi connectivity index (χ1n) is 7.12. The van der Waals surface area contributed by atoms with Gasteiger partial charge in [-0.1, -0.05) is 12.1 Å². The Hall–Kier alpha value is -1.46. The van der Waals surface area contributed by atoms with E-state index >= 15 is 0 Å². The van der Waals surface area contributed by atoms with Crippen LogP contribution in [0, 0.1) is 23.0 Å². The minimum atomic E-state index is -0.326. The molecule has 1 saturated heterocycles. The lowest BCUT2D eigenvalue weighted by Gasteiger charge is -2.34. The largest absolute Gasteiger partial charge is 0.393 e. The minimum Gasteiger partial charge on any atom is -0.393 e. The molecule has 5 nitrogen and oxygen atoms in total. The summed E-state index contributed by atoms with van der Waals surface area (Å²) in [7, 11) is 0. The number of aliphatic hydroxyl groups excluding tert-OH is 1. The summed E-state index contributed by atoms with van der Waals surface area (Å²) in [5.41, 5.74) is 1.94. The molecule has 1 aromatic carbocycles. The van der Waals surface area contributed by atoms with Gasteiger partial charge in [-0.05, 0) is 44.7 Å². The molecule has 2 unspecified atom stereocenters. The number of nitro benzene ring substituents is 1. The molecule has 1 heterocycles. The molecule has 0 radical (unpaired) electrons. The lowest BCUT2D eigenvalue weighted by molar-refractivity contribution is -0.385. The molecule has 0 bridgehead atoms. The third-order valence-corrected chi connectivity index (χ3v) is 4.23. The van der Waals surface area contributed by atoms with Gasteiger partial charge in [0.15, 0.2) is 0 Å². The number of rotatable bonds is 4. The number of likely N-dealkylation sites (tertiary alicyclic amines) is 1. The van der Waals surface area contributed by atoms with Crippen molar-refractivity contribution < 1.29 is 10.0 Å². The summed E-state index contributed by atoms with van der Waals surface area (Å²) in [6.07, 6.45) is 1.84. The quantitative estimate of drug-likeness (QED) is 0.678. The van der Waals surface area contributed by atoms with Gasteiger partial charge < -0.3 is 5.11 Å². The summed E-state index contributed by atoms with van der Waals surface area (Å²) in [4.78, 5) is 12.9. The molecule has 0 amide bonds. The first-order valence-corrected chi connectivity index (χ1v) is 7.12. The van der Waals surface area contributed by atoms with Gasteiger partial charge in [0.2, 0.25) is 0 Å². The Bertz CT molecular complexity index is 488. The van der Waals surface area contributed by atoms with E-state index in [2.05, 4.69) is 4.90 Å². The highest BCUT2D eigenvalue weighted by Crippen LogP contribution is 2.25. The fourth-order valence-electron chi connectivity index (χ4n) is 2.91. The van der Waals surface area contributed by atoms with E-state index in [0.29, 0.717) is 5.92 Å². The SMILES string of the molecule is Cc1c(CN2CCCC(C(C)O)C2)cccc1[N+](=O)[O-]. The highest BCUT2D eigenvalue weighted by molar-refractivity contribution is 5.44. The summed E-state index contributed by atoms with van der Waals surface area (Å²) in [5, 5.41) is 20.7. The fourth-order valence-corrected chi connectivity index (χ4v) is 2.91. The van der Waals surface area contributed by atoms with Crippen LogP contribution in [0.25, 0.3) is 0 Å². The van der Waals surface area contributed by atoms with Crippen LogP contribution in [0.1, 0.15) is 30.9 Å². The van der Waals surface area contributed by atoms with Gasteiger partial charge in [-0.2, -0.15) is 0 Å². The standard InChI is InChI=1S/C15H22N2O3/c1-11-13(5-3-7-15(11)17(19)20)9-16-8-4-6-14(10-16)12(2)18/h3,5,7,12,14,18H,4,6,8-10H2,1-2H3. The average Bonchev–Trinajstić information content (AvgIpc) is 2.41. The summed E-state index contributed by atoms with van der Waals surface area (Å²) in [5.74, 6) is 0.308. The second-order valence-electron chi connectivity index (χ2n) is 5.70. The molecule has 2 atom stereocenters. The molecular formula is C15H22N2O3. The van der Waals surface area contributed by atoms with E-state index in [1.165, 1.54) is 0 Å². The molecule has 0 aliphatic carbocycles. The third kappa shape index (κ3) is 3.35. The Morgan fingerprint density at radius 1 is 1.55 bits per heavy atom. The molecule has 1 aliphatic heterocycles. The molecule has 110 valence electrons. The molecule has 1 fully saturated rings. The Morgan fingerprint density at radius 3 is 2.95 bits per heavy atom. The number of benzene rings is 1. The van der Waals surface area contributed by atoms with Crippen molar-refractivity contribution in [3.05, 3.63) is 39.4 Å². The van der Waals surface area contributed by atoms with Gasteiger partial charge in [0.1, 0.15) is 0 Å². The Morgan fingerprint density at radius 2 is 2.30 bits per heavy atom. The number of hydrogen-bond acceptors (Lipinski definition) is 4. The molecular weight excluding hydrogens is 256 g/mol. The van der Waals surface area contributed by atoms with Crippen molar-refractivity contribution in [2.24, 2.45) is 5.92 Å². The zero-order valence-corrected chi connectivity index (χ0v) is 12.1. The van der Waals surface area contributed by atoms with Crippen molar-refractivity contribution in [3.8, 4) is 0 Å². The number of piperidine rings is 1. The summed E-state index contributed by atoms with van der Waals surface area (Å²) in [6, 6.07) is 5.25. The van der Waals surface area contributed by atoms with E-state index in [0.717, 1.165) is 43.6 Å². The third-order valence-electron chi connectivity index (χ3n) is 4.23. The van der Waals surface area contributed by atoms with Crippen LogP contribution in [0.2, 0.25) is 0 Å². The van der Waals surface area contributed by atoms with Gasteiger partial charge in [-0.25, -0.2) is 0 Å². The van der Waals surface area contributed by atoms with E-state index in [1.54, 1.807) is 12.1 Å². The monoisotopic (exact) mass is 278 g/mol. The van der Waals surface area contributed by atoms with Crippen LogP contribution in [0.5, 0.6) is 0 Å². The van der Waals surface area contributed by atoms with Gasteiger partial charge in [-0.3, -0.25) is 15.0 Å². The maximum atomic E-state index is 11.0. The van der Waals surface area contributed by atoms with Crippen molar-refractivity contribution in [2.45, 2.75) is 39.3 Å². The zero-order valence-electron chi connectivity index (χ0n) is 12.1. The Labute approximate surface area is 119 Å². The summed E-state index contributed by atoms with van der Waals surface area (Å²) >= 11 is 0. The van der Waals surface area contributed by atoms with E-state index in [4.69, 9.17) is 0 Å². The fraction of sp³-hybridized carbons (Fsp3) is 0.600. The molecule has 5 heteroatoms. The van der Waals surface area contributed by atoms with Gasteiger partial charge in [0, 0.05) is 24.7 Å². The lowest BCUT2D eigenvalue weighted by atomic mass is 9.93. The molecule has 1 N–H and O–H groups in total. The summed E-state index contributed by atoms with van der Waals surface area (Å²) in [6.45, 7) is 6.22. The predicted molar refractivity (Wildman–Crippen MR) is 77.5 cm³/mol. The maximum Gasteiger partial charge on any atom is 0.272 e. The number of nitro groups is 1. The normalized spacial score (nSPS) is 21.6. The van der Waals surface area contributed by atoms with Crippen LogP contribution in [-0.2, 0) is 6.54 Å². The second kappa shape index (κ2) is 6.33. The average molecular weight is 278 g/mol. The van der Waals surface area contributed by atoms with Crippen molar-refractivity contribution in [1.29, 1.82) is 0 Å². The molecule has 0 spiro atoms. The minimum absolute atomic E-state index is 0.187. The smallest absolute Gasteiger partial charge is 0.272 e. The van der Waals surface area contributed by atoms with E-state index in [-0.39, 0.29) is 16.7 Å². The van der Waals surface area contributed by atoms with Crippen molar-refractivity contribution >= 4 is 5.69 Å². The number of aliphatic hydroxyl groups is 1. The molecule has 0 saturated carbocycles. The first-order chi connectivity index (χ1) is 9.49. The molecule has 1 aromatic rings. The van der Waals surface area contributed by atoms with Gasteiger partial charge in [0.25, 0.3) is 5.69 Å². The molecule has 20 heavy (non-hydrogen) atoms. The van der Waals surface area contributed by atoms with Crippen molar-refractivity contribution in [3.63, 3.8) is 0 Å². The van der Waals surface area contributed by atoms with E-state index < -0.39 is 0 Å². The van der Waals surface area contributed by atoms with Crippen LogP contribution in [-0.4, -0.2) is 34.1 Å². The van der Waals surface area contributed by atoms with Crippen LogP contribution >= 0.6 is 0 Å². The molecule has 2 rings (SSSR count). The van der Waals surface area contributed by atoms with Gasteiger partial charge >= 0.3 is 0 Å². The molecule has 1 aliphatic rings. The second-order valence-corrected chi connectivity index (χ2v) is 5.70. The highest BCUT2D eigenvalue weighted by atomic mass is 16.6. The zero-order chi connectivity index (χ0) is 14.7. The molecule has 0 aromatic heterocycles. The van der Waals surface area contributed by atoms with Crippen LogP contribution in [0.15, 0.2) is 18.2 Å². The van der Waals surface area contributed by atoms with Crippen molar-refractivity contribution in [1.82, 2.24) is 4.90 Å². The Kier molecular flexibility index (Phi) is 4.73. The predicted octanol–water partition coefficient (Wildman–Crippen LogP) is 2.50. The first kappa shape index (κ1) is 14.9. The van der Waals surface area contributed by atoms with Crippen LogP contribution in [0.3, 0.4) is 0 Å². The topological polar surface area (TPSA) is 66.6 Å². The Balaban J connectivity index is 2.10. The van der Waals surface area contributed by atoms with Crippen molar-refractivity contribution in [2.75, 3.05) is 13.1 Å².